The zero-order valence-electron chi connectivity index (χ0n) is 15.8. The molecule has 0 saturated carbocycles. The Labute approximate surface area is 159 Å². The number of benzene rings is 1. The van der Waals surface area contributed by atoms with Crippen LogP contribution in [0, 0.1) is 6.92 Å². The first-order chi connectivity index (χ1) is 12.2. The highest BCUT2D eigenvalue weighted by Crippen LogP contribution is 2.20. The van der Waals surface area contributed by atoms with Crippen LogP contribution >= 0.6 is 11.6 Å². The van der Waals surface area contributed by atoms with Gasteiger partial charge in [0.25, 0.3) is 0 Å². The van der Waals surface area contributed by atoms with Crippen molar-refractivity contribution >= 4 is 23.5 Å². The summed E-state index contributed by atoms with van der Waals surface area (Å²) in [4.78, 5) is 22.2. The molecule has 0 aliphatic carbocycles. The fraction of sp³-hybridized carbons (Fsp3) is 0.421. The summed E-state index contributed by atoms with van der Waals surface area (Å²) in [5.41, 5.74) is 2.11. The quantitative estimate of drug-likeness (QED) is 0.782. The van der Waals surface area contributed by atoms with Crippen LogP contribution in [0.1, 0.15) is 37.6 Å². The second-order valence-electron chi connectivity index (χ2n) is 7.09. The minimum atomic E-state index is -0.549. The smallest absolute Gasteiger partial charge is 0.410 e. The van der Waals surface area contributed by atoms with Crippen LogP contribution in [0.15, 0.2) is 30.3 Å². The molecule has 1 aromatic heterocycles. The van der Waals surface area contributed by atoms with E-state index < -0.39 is 11.7 Å². The van der Waals surface area contributed by atoms with Crippen molar-refractivity contribution in [2.75, 3.05) is 12.4 Å². The molecule has 0 aliphatic heterocycles. The van der Waals surface area contributed by atoms with Gasteiger partial charge in [0, 0.05) is 19.2 Å². The second kappa shape index (κ2) is 8.36. The molecule has 1 heterocycles. The van der Waals surface area contributed by atoms with E-state index in [1.807, 2.05) is 58.0 Å². The first-order valence-electron chi connectivity index (χ1n) is 8.40. The number of rotatable bonds is 5. The minimum Gasteiger partial charge on any atom is -0.444 e. The number of hydrogen-bond acceptors (Lipinski definition) is 5. The standard InChI is InChI=1S/C19H25ClN4O2/c1-13-15(12-24(5)18(25)26-19(2,3)4)22-17(20)23-16(13)21-11-14-9-7-6-8-10-14/h6-10H,11-12H2,1-5H3,(H,21,22,23). The van der Waals surface area contributed by atoms with Crippen LogP contribution in [0.25, 0.3) is 0 Å². The Balaban J connectivity index is 2.12. The summed E-state index contributed by atoms with van der Waals surface area (Å²) in [5, 5.41) is 3.42. The Kier molecular flexibility index (Phi) is 6.42. The molecule has 1 N–H and O–H groups in total. The highest BCUT2D eigenvalue weighted by Gasteiger charge is 2.21. The van der Waals surface area contributed by atoms with E-state index >= 15 is 0 Å². The van der Waals surface area contributed by atoms with Gasteiger partial charge in [-0.1, -0.05) is 30.3 Å². The summed E-state index contributed by atoms with van der Waals surface area (Å²) >= 11 is 6.08. The van der Waals surface area contributed by atoms with Gasteiger partial charge in [0.15, 0.2) is 0 Å². The lowest BCUT2D eigenvalue weighted by atomic mass is 10.2. The van der Waals surface area contributed by atoms with Crippen molar-refractivity contribution in [3.8, 4) is 0 Å². The molecule has 0 fully saturated rings. The predicted molar refractivity (Wildman–Crippen MR) is 103 cm³/mol. The Bertz CT molecular complexity index is 760. The number of carbonyl (C=O) groups excluding carboxylic acids is 1. The number of nitrogens with one attached hydrogen (secondary N) is 1. The number of amides is 1. The first kappa shape index (κ1) is 20.0. The van der Waals surface area contributed by atoms with E-state index in [1.165, 1.54) is 4.90 Å². The molecule has 7 heteroatoms. The largest absolute Gasteiger partial charge is 0.444 e. The summed E-state index contributed by atoms with van der Waals surface area (Å²) in [7, 11) is 1.67. The van der Waals surface area contributed by atoms with Gasteiger partial charge in [-0.2, -0.15) is 0 Å². The molecule has 0 atom stereocenters. The number of nitrogens with zero attached hydrogens (tertiary/aromatic N) is 3. The van der Waals surface area contributed by atoms with Gasteiger partial charge in [-0.15, -0.1) is 0 Å². The maximum Gasteiger partial charge on any atom is 0.410 e. The number of hydrogen-bond donors (Lipinski definition) is 1. The van der Waals surface area contributed by atoms with Crippen LogP contribution in [0.5, 0.6) is 0 Å². The molecule has 6 nitrogen and oxygen atoms in total. The van der Waals surface area contributed by atoms with Crippen LogP contribution in [0.2, 0.25) is 5.28 Å². The number of halogens is 1. The lowest BCUT2D eigenvalue weighted by Crippen LogP contribution is -2.34. The van der Waals surface area contributed by atoms with Gasteiger partial charge in [-0.05, 0) is 44.9 Å². The molecule has 0 bridgehead atoms. The molecule has 0 saturated heterocycles. The average molecular weight is 377 g/mol. The molecule has 0 aliphatic rings. The third-order valence-corrected chi connectivity index (χ3v) is 3.78. The van der Waals surface area contributed by atoms with Gasteiger partial charge < -0.3 is 15.0 Å². The molecule has 140 valence electrons. The lowest BCUT2D eigenvalue weighted by Gasteiger charge is -2.25. The third kappa shape index (κ3) is 5.88. The monoisotopic (exact) mass is 376 g/mol. The number of aromatic nitrogens is 2. The highest BCUT2D eigenvalue weighted by molar-refractivity contribution is 6.28. The maximum atomic E-state index is 12.2. The van der Waals surface area contributed by atoms with Crippen molar-refractivity contribution in [3.63, 3.8) is 0 Å². The van der Waals surface area contributed by atoms with Crippen LogP contribution in [0.4, 0.5) is 10.6 Å². The Morgan fingerprint density at radius 1 is 1.23 bits per heavy atom. The fourth-order valence-corrected chi connectivity index (χ4v) is 2.46. The van der Waals surface area contributed by atoms with Gasteiger partial charge >= 0.3 is 6.09 Å². The molecular formula is C19H25ClN4O2. The normalized spacial score (nSPS) is 11.2. The van der Waals surface area contributed by atoms with Gasteiger partial charge in [0.1, 0.15) is 11.4 Å². The van der Waals surface area contributed by atoms with E-state index in [1.54, 1.807) is 7.05 Å². The molecule has 0 spiro atoms. The molecule has 0 unspecified atom stereocenters. The molecule has 2 aromatic rings. The summed E-state index contributed by atoms with van der Waals surface area (Å²) in [5.74, 6) is 0.654. The summed E-state index contributed by atoms with van der Waals surface area (Å²) < 4.78 is 5.37. The molecule has 0 radical (unpaired) electrons. The Morgan fingerprint density at radius 3 is 2.50 bits per heavy atom. The fourth-order valence-electron chi connectivity index (χ4n) is 2.27. The second-order valence-corrected chi connectivity index (χ2v) is 7.43. The highest BCUT2D eigenvalue weighted by atomic mass is 35.5. The summed E-state index contributed by atoms with van der Waals surface area (Å²) in [6, 6.07) is 10.0. The number of anilines is 1. The SMILES string of the molecule is Cc1c(CN(C)C(=O)OC(C)(C)C)nc(Cl)nc1NCc1ccccc1. The van der Waals surface area contributed by atoms with Gasteiger partial charge in [-0.3, -0.25) is 0 Å². The van der Waals surface area contributed by atoms with Crippen molar-refractivity contribution in [1.29, 1.82) is 0 Å². The zero-order valence-corrected chi connectivity index (χ0v) is 16.6. The van der Waals surface area contributed by atoms with Crippen LogP contribution < -0.4 is 5.32 Å². The molecule has 1 aromatic carbocycles. The molecule has 26 heavy (non-hydrogen) atoms. The van der Waals surface area contributed by atoms with E-state index in [-0.39, 0.29) is 11.8 Å². The van der Waals surface area contributed by atoms with Crippen molar-refractivity contribution in [3.05, 3.63) is 52.4 Å². The van der Waals surface area contributed by atoms with E-state index in [0.717, 1.165) is 11.1 Å². The minimum absolute atomic E-state index is 0.138. The van der Waals surface area contributed by atoms with Crippen molar-refractivity contribution < 1.29 is 9.53 Å². The summed E-state index contributed by atoms with van der Waals surface area (Å²) in [6.07, 6.45) is -0.412. The van der Waals surface area contributed by atoms with Crippen LogP contribution in [0.3, 0.4) is 0 Å². The zero-order chi connectivity index (χ0) is 19.3. The molecule has 2 rings (SSSR count). The van der Waals surface area contributed by atoms with Crippen LogP contribution in [-0.4, -0.2) is 33.6 Å². The predicted octanol–water partition coefficient (Wildman–Crippen LogP) is 4.42. The van der Waals surface area contributed by atoms with E-state index in [0.29, 0.717) is 18.1 Å². The van der Waals surface area contributed by atoms with Gasteiger partial charge in [0.2, 0.25) is 5.28 Å². The first-order valence-corrected chi connectivity index (χ1v) is 8.78. The number of ether oxygens (including phenoxy) is 1. The van der Waals surface area contributed by atoms with Crippen molar-refractivity contribution in [2.45, 2.75) is 46.4 Å². The average Bonchev–Trinajstić information content (AvgIpc) is 2.55. The van der Waals surface area contributed by atoms with Crippen molar-refractivity contribution in [1.82, 2.24) is 14.9 Å². The molecule has 1 amide bonds. The topological polar surface area (TPSA) is 67.4 Å². The van der Waals surface area contributed by atoms with E-state index in [4.69, 9.17) is 16.3 Å². The van der Waals surface area contributed by atoms with E-state index in [9.17, 15) is 4.79 Å². The number of carbonyl (C=O) groups is 1. The third-order valence-electron chi connectivity index (χ3n) is 3.61. The van der Waals surface area contributed by atoms with Gasteiger partial charge in [-0.25, -0.2) is 14.8 Å². The Hall–Kier alpha value is -2.34. The van der Waals surface area contributed by atoms with E-state index in [2.05, 4.69) is 15.3 Å². The van der Waals surface area contributed by atoms with Crippen LogP contribution in [-0.2, 0) is 17.8 Å². The van der Waals surface area contributed by atoms with Gasteiger partial charge in [0.05, 0.1) is 12.2 Å². The maximum absolute atomic E-state index is 12.2. The van der Waals surface area contributed by atoms with Crippen molar-refractivity contribution in [2.24, 2.45) is 0 Å². The lowest BCUT2D eigenvalue weighted by molar-refractivity contribution is 0.0283. The molecular weight excluding hydrogens is 352 g/mol. The summed E-state index contributed by atoms with van der Waals surface area (Å²) in [6.45, 7) is 8.30. The Morgan fingerprint density at radius 2 is 1.88 bits per heavy atom.